The first-order valence-electron chi connectivity index (χ1n) is 5.95. The monoisotopic (exact) mass is 319 g/mol. The van der Waals surface area contributed by atoms with Crippen LogP contribution in [0.5, 0.6) is 0 Å². The molecule has 112 valence electrons. The molecule has 0 atom stereocenters. The van der Waals surface area contributed by atoms with Crippen molar-refractivity contribution in [1.82, 2.24) is 4.98 Å². The normalized spacial score (nSPS) is 16.3. The van der Waals surface area contributed by atoms with Crippen LogP contribution < -0.4 is 0 Å². The molecule has 1 aromatic heterocycles. The summed E-state index contributed by atoms with van der Waals surface area (Å²) < 4.78 is 37.6. The van der Waals surface area contributed by atoms with Gasteiger partial charge in [0.05, 0.1) is 5.56 Å². The third-order valence-electron chi connectivity index (χ3n) is 3.00. The molecular formula is C13H9ClF3NO3. The largest absolute Gasteiger partial charge is 0.511 e. The van der Waals surface area contributed by atoms with Gasteiger partial charge in [0.1, 0.15) is 22.2 Å². The van der Waals surface area contributed by atoms with Crippen molar-refractivity contribution in [1.29, 1.82) is 0 Å². The number of alkyl halides is 3. The van der Waals surface area contributed by atoms with E-state index in [4.69, 9.17) is 11.6 Å². The molecule has 0 spiro atoms. The Kier molecular flexibility index (Phi) is 4.04. The molecule has 0 saturated heterocycles. The Balaban J connectivity index is 2.42. The fourth-order valence-electron chi connectivity index (χ4n) is 1.99. The van der Waals surface area contributed by atoms with Gasteiger partial charge in [0.25, 0.3) is 0 Å². The number of pyridine rings is 1. The zero-order valence-electron chi connectivity index (χ0n) is 10.5. The Hall–Kier alpha value is -1.89. The summed E-state index contributed by atoms with van der Waals surface area (Å²) in [6.07, 6.45) is -4.00. The zero-order chi connectivity index (χ0) is 15.8. The third kappa shape index (κ3) is 3.07. The van der Waals surface area contributed by atoms with Crippen molar-refractivity contribution in [2.24, 2.45) is 0 Å². The molecule has 0 amide bonds. The molecule has 0 saturated carbocycles. The van der Waals surface area contributed by atoms with Crippen molar-refractivity contribution in [3.8, 4) is 0 Å². The predicted molar refractivity (Wildman–Crippen MR) is 67.1 cm³/mol. The van der Waals surface area contributed by atoms with E-state index in [2.05, 4.69) is 4.98 Å². The van der Waals surface area contributed by atoms with E-state index in [1.807, 2.05) is 0 Å². The van der Waals surface area contributed by atoms with Crippen molar-refractivity contribution in [3.05, 3.63) is 39.9 Å². The first-order valence-corrected chi connectivity index (χ1v) is 6.33. The molecule has 1 heterocycles. The lowest BCUT2D eigenvalue weighted by Gasteiger charge is -2.14. The van der Waals surface area contributed by atoms with Crippen molar-refractivity contribution in [2.45, 2.75) is 25.4 Å². The molecule has 1 N–H and O–H groups in total. The number of aliphatic hydroxyl groups is 1. The Morgan fingerprint density at radius 3 is 2.48 bits per heavy atom. The predicted octanol–water partition coefficient (Wildman–Crippen LogP) is 3.50. The molecule has 21 heavy (non-hydrogen) atoms. The van der Waals surface area contributed by atoms with E-state index in [-0.39, 0.29) is 18.6 Å². The quantitative estimate of drug-likeness (QED) is 0.514. The van der Waals surface area contributed by atoms with E-state index in [9.17, 15) is 27.9 Å². The molecule has 0 fully saturated rings. The lowest BCUT2D eigenvalue weighted by molar-refractivity contribution is -0.137. The van der Waals surface area contributed by atoms with Gasteiger partial charge in [0, 0.05) is 12.8 Å². The Bertz CT molecular complexity index is 653. The average molecular weight is 320 g/mol. The highest BCUT2D eigenvalue weighted by atomic mass is 35.5. The van der Waals surface area contributed by atoms with Crippen LogP contribution in [0.15, 0.2) is 23.5 Å². The first-order chi connectivity index (χ1) is 9.71. The summed E-state index contributed by atoms with van der Waals surface area (Å²) in [6.45, 7) is 0. The summed E-state index contributed by atoms with van der Waals surface area (Å²) in [5.74, 6) is -1.84. The van der Waals surface area contributed by atoms with Crippen molar-refractivity contribution < 1.29 is 27.9 Å². The van der Waals surface area contributed by atoms with E-state index in [0.717, 1.165) is 6.07 Å². The highest BCUT2D eigenvalue weighted by Gasteiger charge is 2.35. The topological polar surface area (TPSA) is 67.3 Å². The number of carbonyl (C=O) groups is 2. The fourth-order valence-corrected chi connectivity index (χ4v) is 2.25. The lowest BCUT2D eigenvalue weighted by Crippen LogP contribution is -2.21. The number of Topliss-reactive ketones (excluding diaryl/α,β-unsaturated/α-hetero) is 2. The Morgan fingerprint density at radius 1 is 1.29 bits per heavy atom. The van der Waals surface area contributed by atoms with Gasteiger partial charge in [-0.2, -0.15) is 13.2 Å². The molecule has 8 heteroatoms. The van der Waals surface area contributed by atoms with Gasteiger partial charge in [-0.1, -0.05) is 11.6 Å². The summed E-state index contributed by atoms with van der Waals surface area (Å²) in [6, 6.07) is 1.45. The molecule has 0 radical (unpaired) electrons. The maximum Gasteiger partial charge on any atom is 0.419 e. The summed E-state index contributed by atoms with van der Waals surface area (Å²) in [5, 5.41) is 8.74. The van der Waals surface area contributed by atoms with Gasteiger partial charge < -0.3 is 5.11 Å². The van der Waals surface area contributed by atoms with E-state index < -0.39 is 39.7 Å². The molecular weight excluding hydrogens is 311 g/mol. The maximum atomic E-state index is 12.5. The summed E-state index contributed by atoms with van der Waals surface area (Å²) >= 11 is 5.42. The number of rotatable bonds is 2. The number of hydrogen-bond donors (Lipinski definition) is 1. The van der Waals surface area contributed by atoms with Gasteiger partial charge >= 0.3 is 6.18 Å². The second kappa shape index (κ2) is 5.48. The fraction of sp³-hybridized carbons (Fsp3) is 0.308. The van der Waals surface area contributed by atoms with Crippen molar-refractivity contribution in [2.75, 3.05) is 0 Å². The SMILES string of the molecule is O=C1CCCC(O)=C1C(=O)c1ccc(C(F)(F)F)c(Cl)n1. The minimum Gasteiger partial charge on any atom is -0.511 e. The summed E-state index contributed by atoms with van der Waals surface area (Å²) in [7, 11) is 0. The van der Waals surface area contributed by atoms with E-state index in [1.165, 1.54) is 0 Å². The number of ketones is 2. The second-order valence-electron chi connectivity index (χ2n) is 4.46. The minimum absolute atomic E-state index is 0.0967. The number of nitrogens with zero attached hydrogens (tertiary/aromatic N) is 1. The van der Waals surface area contributed by atoms with E-state index >= 15 is 0 Å². The Morgan fingerprint density at radius 2 is 1.95 bits per heavy atom. The van der Waals surface area contributed by atoms with Crippen LogP contribution in [0.1, 0.15) is 35.3 Å². The molecule has 4 nitrogen and oxygen atoms in total. The summed E-state index contributed by atoms with van der Waals surface area (Å²) in [5.41, 5.74) is -2.01. The van der Waals surface area contributed by atoms with Gasteiger partial charge in [0.15, 0.2) is 5.78 Å². The Labute approximate surface area is 122 Å². The number of allylic oxidation sites excluding steroid dienone is 2. The number of hydrogen-bond acceptors (Lipinski definition) is 4. The maximum absolute atomic E-state index is 12.5. The molecule has 1 aromatic rings. The molecule has 0 bridgehead atoms. The first kappa shape index (κ1) is 15.5. The molecule has 2 rings (SSSR count). The van der Waals surface area contributed by atoms with Gasteiger partial charge in [-0.3, -0.25) is 9.59 Å². The van der Waals surface area contributed by atoms with Gasteiger partial charge in [0.2, 0.25) is 5.78 Å². The number of halogens is 4. The summed E-state index contributed by atoms with van der Waals surface area (Å²) in [4.78, 5) is 27.1. The second-order valence-corrected chi connectivity index (χ2v) is 4.82. The van der Waals surface area contributed by atoms with Gasteiger partial charge in [-0.25, -0.2) is 4.98 Å². The standard InChI is InChI=1S/C13H9ClF3NO3/c14-12-6(13(15,16)17)4-5-7(18-12)11(21)10-8(19)2-1-3-9(10)20/h4-5,19H,1-3H2. The number of aliphatic hydroxyl groups excluding tert-OH is 1. The minimum atomic E-state index is -4.69. The van der Waals surface area contributed by atoms with Crippen LogP contribution in [0, 0.1) is 0 Å². The van der Waals surface area contributed by atoms with Crippen LogP contribution >= 0.6 is 11.6 Å². The number of aromatic nitrogens is 1. The number of carbonyl (C=O) groups excluding carboxylic acids is 2. The van der Waals surface area contributed by atoms with Crippen molar-refractivity contribution in [3.63, 3.8) is 0 Å². The highest BCUT2D eigenvalue weighted by Crippen LogP contribution is 2.34. The molecule has 0 aromatic carbocycles. The van der Waals surface area contributed by atoms with E-state index in [0.29, 0.717) is 12.5 Å². The van der Waals surface area contributed by atoms with Crippen molar-refractivity contribution >= 4 is 23.2 Å². The van der Waals surface area contributed by atoms with Gasteiger partial charge in [-0.05, 0) is 18.6 Å². The van der Waals surface area contributed by atoms with Crippen LogP contribution in [0.3, 0.4) is 0 Å². The van der Waals surface area contributed by atoms with E-state index in [1.54, 1.807) is 0 Å². The van der Waals surface area contributed by atoms with Crippen LogP contribution in [-0.4, -0.2) is 21.7 Å². The molecule has 1 aliphatic rings. The third-order valence-corrected chi connectivity index (χ3v) is 3.29. The molecule has 1 aliphatic carbocycles. The van der Waals surface area contributed by atoms with Crippen LogP contribution in [0.2, 0.25) is 5.15 Å². The molecule has 0 aliphatic heterocycles. The smallest absolute Gasteiger partial charge is 0.419 e. The zero-order valence-corrected chi connectivity index (χ0v) is 11.3. The van der Waals surface area contributed by atoms with Crippen LogP contribution in [0.4, 0.5) is 13.2 Å². The van der Waals surface area contributed by atoms with Crippen LogP contribution in [-0.2, 0) is 11.0 Å². The lowest BCUT2D eigenvalue weighted by atomic mass is 9.92. The molecule has 0 unspecified atom stereocenters. The van der Waals surface area contributed by atoms with Gasteiger partial charge in [-0.15, -0.1) is 0 Å². The van der Waals surface area contributed by atoms with Crippen LogP contribution in [0.25, 0.3) is 0 Å². The highest BCUT2D eigenvalue weighted by molar-refractivity contribution is 6.31. The average Bonchev–Trinajstić information content (AvgIpc) is 2.36.